The summed E-state index contributed by atoms with van der Waals surface area (Å²) in [5.41, 5.74) is 3.74. The predicted molar refractivity (Wildman–Crippen MR) is 77.7 cm³/mol. The molecule has 3 aromatic rings. The number of aromatic hydroxyl groups is 1. The van der Waals surface area contributed by atoms with Gasteiger partial charge in [0.15, 0.2) is 0 Å². The molecule has 0 saturated heterocycles. The van der Waals surface area contributed by atoms with Crippen LogP contribution in [0.4, 0.5) is 0 Å². The van der Waals surface area contributed by atoms with Crippen molar-refractivity contribution in [3.8, 4) is 33.9 Å². The maximum absolute atomic E-state index is 9.60. The first-order valence-electron chi connectivity index (χ1n) is 6.25. The number of nitrogens with one attached hydrogen (secondary N) is 1. The number of aromatic amines is 1. The third-order valence-electron chi connectivity index (χ3n) is 3.15. The van der Waals surface area contributed by atoms with E-state index in [0.717, 1.165) is 28.1 Å². The van der Waals surface area contributed by atoms with Crippen LogP contribution in [0.15, 0.2) is 54.7 Å². The molecule has 0 aliphatic heterocycles. The summed E-state index contributed by atoms with van der Waals surface area (Å²) in [6.07, 6.45) is 1.77. The Balaban J connectivity index is 2.10. The van der Waals surface area contributed by atoms with E-state index in [1.54, 1.807) is 31.5 Å². The van der Waals surface area contributed by atoms with Crippen LogP contribution in [0.3, 0.4) is 0 Å². The first kappa shape index (κ1) is 12.3. The Kier molecular flexibility index (Phi) is 3.13. The molecule has 0 atom stereocenters. The van der Waals surface area contributed by atoms with Crippen molar-refractivity contribution < 1.29 is 9.84 Å². The average molecular weight is 266 g/mol. The van der Waals surface area contributed by atoms with Crippen LogP contribution in [-0.2, 0) is 0 Å². The highest BCUT2D eigenvalue weighted by molar-refractivity contribution is 5.81. The Labute approximate surface area is 116 Å². The monoisotopic (exact) mass is 266 g/mol. The molecule has 20 heavy (non-hydrogen) atoms. The number of aromatic nitrogens is 2. The summed E-state index contributed by atoms with van der Waals surface area (Å²) in [5.74, 6) is 1.03. The van der Waals surface area contributed by atoms with Gasteiger partial charge in [0.2, 0.25) is 0 Å². The minimum Gasteiger partial charge on any atom is -0.508 e. The number of H-pyrrole nitrogens is 1. The maximum atomic E-state index is 9.60. The molecule has 0 amide bonds. The molecular formula is C16H14N2O2. The van der Waals surface area contributed by atoms with Crippen LogP contribution in [0.5, 0.6) is 11.5 Å². The van der Waals surface area contributed by atoms with Gasteiger partial charge >= 0.3 is 0 Å². The normalized spacial score (nSPS) is 10.4. The zero-order chi connectivity index (χ0) is 13.9. The predicted octanol–water partition coefficient (Wildman–Crippen LogP) is 3.46. The van der Waals surface area contributed by atoms with E-state index >= 15 is 0 Å². The second kappa shape index (κ2) is 5.09. The van der Waals surface area contributed by atoms with Gasteiger partial charge in [-0.05, 0) is 29.8 Å². The van der Waals surface area contributed by atoms with Gasteiger partial charge in [0.1, 0.15) is 11.5 Å². The van der Waals surface area contributed by atoms with E-state index in [4.69, 9.17) is 4.74 Å². The lowest BCUT2D eigenvalue weighted by Gasteiger charge is -2.06. The second-order valence-electron chi connectivity index (χ2n) is 4.44. The molecule has 0 bridgehead atoms. The molecule has 0 spiro atoms. The largest absolute Gasteiger partial charge is 0.508 e. The quantitative estimate of drug-likeness (QED) is 0.763. The van der Waals surface area contributed by atoms with Crippen LogP contribution >= 0.6 is 0 Å². The van der Waals surface area contributed by atoms with Crippen molar-refractivity contribution in [1.82, 2.24) is 10.2 Å². The fourth-order valence-electron chi connectivity index (χ4n) is 2.18. The first-order chi connectivity index (χ1) is 9.78. The number of phenols is 1. The standard InChI is InChI=1S/C16H14N2O2/c1-20-14-7-3-4-11(9-14)15-10-17-18-16(15)12-5-2-6-13(19)8-12/h2-10,19H,1H3,(H,17,18). The Hall–Kier alpha value is -2.75. The lowest BCUT2D eigenvalue weighted by molar-refractivity contribution is 0.415. The third-order valence-corrected chi connectivity index (χ3v) is 3.15. The van der Waals surface area contributed by atoms with Crippen LogP contribution in [0, 0.1) is 0 Å². The lowest BCUT2D eigenvalue weighted by atomic mass is 10.0. The molecule has 4 nitrogen and oxygen atoms in total. The van der Waals surface area contributed by atoms with E-state index < -0.39 is 0 Å². The molecule has 0 radical (unpaired) electrons. The summed E-state index contributed by atoms with van der Waals surface area (Å²) in [5, 5.41) is 16.7. The molecule has 0 aliphatic carbocycles. The van der Waals surface area contributed by atoms with E-state index in [-0.39, 0.29) is 5.75 Å². The molecule has 2 N–H and O–H groups in total. The average Bonchev–Trinajstić information content (AvgIpc) is 2.97. The van der Waals surface area contributed by atoms with E-state index in [1.165, 1.54) is 0 Å². The van der Waals surface area contributed by atoms with Gasteiger partial charge in [-0.25, -0.2) is 0 Å². The van der Waals surface area contributed by atoms with Crippen LogP contribution in [0.25, 0.3) is 22.4 Å². The molecule has 1 aromatic heterocycles. The van der Waals surface area contributed by atoms with Crippen LogP contribution < -0.4 is 4.74 Å². The third kappa shape index (κ3) is 2.23. The Morgan fingerprint density at radius 1 is 1.05 bits per heavy atom. The maximum Gasteiger partial charge on any atom is 0.119 e. The van der Waals surface area contributed by atoms with Crippen molar-refractivity contribution >= 4 is 0 Å². The highest BCUT2D eigenvalue weighted by Crippen LogP contribution is 2.32. The molecule has 0 unspecified atom stereocenters. The summed E-state index contributed by atoms with van der Waals surface area (Å²) in [6, 6.07) is 14.9. The van der Waals surface area contributed by atoms with Crippen LogP contribution in [-0.4, -0.2) is 22.4 Å². The van der Waals surface area contributed by atoms with Gasteiger partial charge in [0.05, 0.1) is 19.0 Å². The molecule has 0 aliphatic rings. The second-order valence-corrected chi connectivity index (χ2v) is 4.44. The fraction of sp³-hybridized carbons (Fsp3) is 0.0625. The van der Waals surface area contributed by atoms with E-state index in [0.29, 0.717) is 0 Å². The summed E-state index contributed by atoms with van der Waals surface area (Å²) >= 11 is 0. The van der Waals surface area contributed by atoms with E-state index in [2.05, 4.69) is 10.2 Å². The van der Waals surface area contributed by atoms with Crippen molar-refractivity contribution in [2.45, 2.75) is 0 Å². The number of ether oxygens (including phenoxy) is 1. The number of phenolic OH excluding ortho intramolecular Hbond substituents is 1. The van der Waals surface area contributed by atoms with E-state index in [9.17, 15) is 5.11 Å². The number of methoxy groups -OCH3 is 1. The molecule has 4 heteroatoms. The van der Waals surface area contributed by atoms with Gasteiger partial charge in [-0.2, -0.15) is 5.10 Å². The lowest BCUT2D eigenvalue weighted by Crippen LogP contribution is -1.85. The number of rotatable bonds is 3. The topological polar surface area (TPSA) is 58.1 Å². The van der Waals surface area contributed by atoms with Gasteiger partial charge in [0, 0.05) is 11.1 Å². The molecule has 3 rings (SSSR count). The molecular weight excluding hydrogens is 252 g/mol. The number of nitrogens with zero attached hydrogens (tertiary/aromatic N) is 1. The smallest absolute Gasteiger partial charge is 0.119 e. The summed E-state index contributed by atoms with van der Waals surface area (Å²) in [6.45, 7) is 0. The molecule has 0 saturated carbocycles. The van der Waals surface area contributed by atoms with E-state index in [1.807, 2.05) is 30.3 Å². The Morgan fingerprint density at radius 3 is 2.65 bits per heavy atom. The Bertz CT molecular complexity index is 735. The first-order valence-corrected chi connectivity index (χ1v) is 6.25. The van der Waals surface area contributed by atoms with Gasteiger partial charge in [-0.15, -0.1) is 0 Å². The number of benzene rings is 2. The van der Waals surface area contributed by atoms with Crippen LogP contribution in [0.2, 0.25) is 0 Å². The summed E-state index contributed by atoms with van der Waals surface area (Å²) < 4.78 is 5.25. The van der Waals surface area contributed by atoms with Crippen molar-refractivity contribution in [3.05, 3.63) is 54.7 Å². The van der Waals surface area contributed by atoms with Gasteiger partial charge < -0.3 is 9.84 Å². The Morgan fingerprint density at radius 2 is 1.85 bits per heavy atom. The zero-order valence-corrected chi connectivity index (χ0v) is 11.0. The number of hydrogen-bond donors (Lipinski definition) is 2. The zero-order valence-electron chi connectivity index (χ0n) is 11.0. The van der Waals surface area contributed by atoms with Crippen molar-refractivity contribution in [2.75, 3.05) is 7.11 Å². The van der Waals surface area contributed by atoms with Gasteiger partial charge in [-0.3, -0.25) is 5.10 Å². The minimum atomic E-state index is 0.230. The van der Waals surface area contributed by atoms with Crippen molar-refractivity contribution in [3.63, 3.8) is 0 Å². The fourth-order valence-corrected chi connectivity index (χ4v) is 2.18. The summed E-state index contributed by atoms with van der Waals surface area (Å²) in [7, 11) is 1.64. The molecule has 1 heterocycles. The SMILES string of the molecule is COc1cccc(-c2cn[nH]c2-c2cccc(O)c2)c1. The van der Waals surface area contributed by atoms with Crippen LogP contribution in [0.1, 0.15) is 0 Å². The minimum absolute atomic E-state index is 0.230. The molecule has 100 valence electrons. The molecule has 0 fully saturated rings. The van der Waals surface area contributed by atoms with Gasteiger partial charge in [-0.1, -0.05) is 24.3 Å². The van der Waals surface area contributed by atoms with Gasteiger partial charge in [0.25, 0.3) is 0 Å². The van der Waals surface area contributed by atoms with Crippen molar-refractivity contribution in [2.24, 2.45) is 0 Å². The highest BCUT2D eigenvalue weighted by Gasteiger charge is 2.10. The number of hydrogen-bond acceptors (Lipinski definition) is 3. The highest BCUT2D eigenvalue weighted by atomic mass is 16.5. The van der Waals surface area contributed by atoms with Crippen molar-refractivity contribution in [1.29, 1.82) is 0 Å². The summed E-state index contributed by atoms with van der Waals surface area (Å²) in [4.78, 5) is 0. The molecule has 2 aromatic carbocycles.